The van der Waals surface area contributed by atoms with Crippen molar-refractivity contribution in [1.29, 1.82) is 0 Å². The topological polar surface area (TPSA) is 42.7 Å². The summed E-state index contributed by atoms with van der Waals surface area (Å²) in [7, 11) is 1.68. The van der Waals surface area contributed by atoms with Crippen LogP contribution in [0.5, 0.6) is 5.75 Å². The Bertz CT molecular complexity index is 914. The number of fused-ring (bicyclic) bond motifs is 3. The van der Waals surface area contributed by atoms with Crippen LogP contribution < -0.4 is 4.74 Å². The standard InChI is InChI=1S/C24H31NO3/c1-15-9-16(2)14-25(13-15)24(26)10-17(3)19-11-20-18-7-5-6-8-21(18)28-23(20)12-22(19)27-4/h10-12,15-16H,5-9,13-14H2,1-4H3/b17-10+. The smallest absolute Gasteiger partial charge is 0.246 e. The average Bonchev–Trinajstić information content (AvgIpc) is 3.03. The van der Waals surface area contributed by atoms with E-state index in [1.807, 2.05) is 17.9 Å². The quantitative estimate of drug-likeness (QED) is 0.684. The van der Waals surface area contributed by atoms with E-state index in [4.69, 9.17) is 9.15 Å². The summed E-state index contributed by atoms with van der Waals surface area (Å²) in [6, 6.07) is 4.14. The molecule has 0 radical (unpaired) electrons. The fourth-order valence-electron chi connectivity index (χ4n) is 4.96. The van der Waals surface area contributed by atoms with Gasteiger partial charge in [0, 0.05) is 48.2 Å². The predicted molar refractivity (Wildman–Crippen MR) is 113 cm³/mol. The van der Waals surface area contributed by atoms with Gasteiger partial charge in [0.1, 0.15) is 17.1 Å². The lowest BCUT2D eigenvalue weighted by Crippen LogP contribution is -2.41. The summed E-state index contributed by atoms with van der Waals surface area (Å²) in [6.07, 6.45) is 7.46. The Kier molecular flexibility index (Phi) is 5.22. The minimum Gasteiger partial charge on any atom is -0.496 e. The van der Waals surface area contributed by atoms with E-state index in [0.717, 1.165) is 54.2 Å². The van der Waals surface area contributed by atoms with Crippen LogP contribution >= 0.6 is 0 Å². The van der Waals surface area contributed by atoms with E-state index < -0.39 is 0 Å². The van der Waals surface area contributed by atoms with Crippen molar-refractivity contribution >= 4 is 22.4 Å². The lowest BCUT2D eigenvalue weighted by Gasteiger charge is -2.34. The van der Waals surface area contributed by atoms with Crippen LogP contribution in [0.15, 0.2) is 22.6 Å². The van der Waals surface area contributed by atoms with Gasteiger partial charge in [-0.15, -0.1) is 0 Å². The lowest BCUT2D eigenvalue weighted by molar-refractivity contribution is -0.128. The van der Waals surface area contributed by atoms with Gasteiger partial charge in [-0.2, -0.15) is 0 Å². The molecule has 2 unspecified atom stereocenters. The van der Waals surface area contributed by atoms with Gasteiger partial charge in [-0.1, -0.05) is 13.8 Å². The molecule has 1 aromatic heterocycles. The normalized spacial score (nSPS) is 23.0. The van der Waals surface area contributed by atoms with Gasteiger partial charge in [0.05, 0.1) is 7.11 Å². The van der Waals surface area contributed by atoms with E-state index in [1.54, 1.807) is 13.2 Å². The number of rotatable bonds is 3. The average molecular weight is 382 g/mol. The van der Waals surface area contributed by atoms with E-state index in [0.29, 0.717) is 11.8 Å². The maximum Gasteiger partial charge on any atom is 0.246 e. The second-order valence-electron chi connectivity index (χ2n) is 8.78. The van der Waals surface area contributed by atoms with Crippen molar-refractivity contribution < 1.29 is 13.9 Å². The van der Waals surface area contributed by atoms with E-state index >= 15 is 0 Å². The molecule has 1 aliphatic carbocycles. The third-order valence-electron chi connectivity index (χ3n) is 6.22. The summed E-state index contributed by atoms with van der Waals surface area (Å²) in [5.74, 6) is 3.11. The molecule has 2 aliphatic rings. The van der Waals surface area contributed by atoms with Gasteiger partial charge in [0.25, 0.3) is 0 Å². The zero-order valence-corrected chi connectivity index (χ0v) is 17.5. The van der Waals surface area contributed by atoms with Crippen LogP contribution in [0.25, 0.3) is 16.5 Å². The Morgan fingerprint density at radius 1 is 1.18 bits per heavy atom. The number of ether oxygens (including phenoxy) is 1. The number of nitrogens with zero attached hydrogens (tertiary/aromatic N) is 1. The minimum atomic E-state index is 0.104. The molecule has 1 fully saturated rings. The molecule has 0 N–H and O–H groups in total. The van der Waals surface area contributed by atoms with Gasteiger partial charge in [0.2, 0.25) is 5.91 Å². The number of furan rings is 1. The second-order valence-corrected chi connectivity index (χ2v) is 8.78. The number of methoxy groups -OCH3 is 1. The van der Waals surface area contributed by atoms with Crippen molar-refractivity contribution in [3.05, 3.63) is 35.1 Å². The van der Waals surface area contributed by atoms with Crippen LogP contribution in [0.1, 0.15) is 56.9 Å². The molecule has 1 aliphatic heterocycles. The third-order valence-corrected chi connectivity index (χ3v) is 6.22. The Morgan fingerprint density at radius 3 is 2.61 bits per heavy atom. The van der Waals surface area contributed by atoms with Crippen molar-refractivity contribution in [2.45, 2.75) is 52.9 Å². The molecular formula is C24H31NO3. The minimum absolute atomic E-state index is 0.104. The number of piperidine rings is 1. The maximum absolute atomic E-state index is 12.9. The number of likely N-dealkylation sites (tertiary alicyclic amines) is 1. The molecule has 2 aromatic rings. The molecule has 150 valence electrons. The Hall–Kier alpha value is -2.23. The highest BCUT2D eigenvalue weighted by Crippen LogP contribution is 2.38. The van der Waals surface area contributed by atoms with E-state index in [-0.39, 0.29) is 5.91 Å². The summed E-state index contributed by atoms with van der Waals surface area (Å²) >= 11 is 0. The third kappa shape index (κ3) is 3.57. The van der Waals surface area contributed by atoms with Crippen molar-refractivity contribution in [3.63, 3.8) is 0 Å². The van der Waals surface area contributed by atoms with Crippen LogP contribution in [0.3, 0.4) is 0 Å². The molecule has 4 heteroatoms. The number of hydrogen-bond donors (Lipinski definition) is 0. The van der Waals surface area contributed by atoms with Crippen LogP contribution in [0.4, 0.5) is 0 Å². The molecular weight excluding hydrogens is 350 g/mol. The van der Waals surface area contributed by atoms with Gasteiger partial charge in [-0.05, 0) is 56.1 Å². The highest BCUT2D eigenvalue weighted by molar-refractivity contribution is 5.97. The first-order chi connectivity index (χ1) is 13.5. The predicted octanol–water partition coefficient (Wildman–Crippen LogP) is 5.23. The monoisotopic (exact) mass is 381 g/mol. The molecule has 1 saturated heterocycles. The van der Waals surface area contributed by atoms with Gasteiger partial charge < -0.3 is 14.1 Å². The number of hydrogen-bond acceptors (Lipinski definition) is 3. The van der Waals surface area contributed by atoms with Gasteiger partial charge in [0.15, 0.2) is 0 Å². The summed E-state index contributed by atoms with van der Waals surface area (Å²) < 4.78 is 11.7. The molecule has 0 spiro atoms. The summed E-state index contributed by atoms with van der Waals surface area (Å²) in [4.78, 5) is 14.9. The Balaban J connectivity index is 1.68. The number of allylic oxidation sites excluding steroid dienone is 1. The fraction of sp³-hybridized carbons (Fsp3) is 0.542. The Labute approximate surface area is 167 Å². The summed E-state index contributed by atoms with van der Waals surface area (Å²) in [5.41, 5.74) is 4.16. The zero-order valence-electron chi connectivity index (χ0n) is 17.5. The second kappa shape index (κ2) is 7.65. The first-order valence-corrected chi connectivity index (χ1v) is 10.6. The first kappa shape index (κ1) is 19.1. The van der Waals surface area contributed by atoms with Crippen LogP contribution in [-0.4, -0.2) is 31.0 Å². The molecule has 28 heavy (non-hydrogen) atoms. The highest BCUT2D eigenvalue weighted by Gasteiger charge is 2.25. The van der Waals surface area contributed by atoms with Crippen LogP contribution in [0, 0.1) is 11.8 Å². The van der Waals surface area contributed by atoms with Crippen molar-refractivity contribution in [3.8, 4) is 5.75 Å². The zero-order chi connectivity index (χ0) is 19.8. The van der Waals surface area contributed by atoms with Crippen LogP contribution in [-0.2, 0) is 17.6 Å². The summed E-state index contributed by atoms with van der Waals surface area (Å²) in [6.45, 7) is 8.15. The highest BCUT2D eigenvalue weighted by atomic mass is 16.5. The number of aryl methyl sites for hydroxylation is 2. The van der Waals surface area contributed by atoms with E-state index in [9.17, 15) is 4.79 Å². The van der Waals surface area contributed by atoms with E-state index in [2.05, 4.69) is 19.9 Å². The lowest BCUT2D eigenvalue weighted by atomic mass is 9.91. The maximum atomic E-state index is 12.9. The summed E-state index contributed by atoms with van der Waals surface area (Å²) in [5, 5.41) is 1.17. The fourth-order valence-corrected chi connectivity index (χ4v) is 4.96. The van der Waals surface area contributed by atoms with Gasteiger partial charge in [-0.25, -0.2) is 0 Å². The van der Waals surface area contributed by atoms with Gasteiger partial charge >= 0.3 is 0 Å². The van der Waals surface area contributed by atoms with Crippen molar-refractivity contribution in [2.24, 2.45) is 11.8 Å². The number of carbonyl (C=O) groups is 1. The molecule has 0 bridgehead atoms. The van der Waals surface area contributed by atoms with Crippen molar-refractivity contribution in [1.82, 2.24) is 4.90 Å². The molecule has 1 amide bonds. The molecule has 1 aromatic carbocycles. The molecule has 4 rings (SSSR count). The van der Waals surface area contributed by atoms with Crippen molar-refractivity contribution in [2.75, 3.05) is 20.2 Å². The number of amides is 1. The molecule has 4 nitrogen and oxygen atoms in total. The van der Waals surface area contributed by atoms with Crippen LogP contribution in [0.2, 0.25) is 0 Å². The number of carbonyl (C=O) groups excluding carboxylic acids is 1. The largest absolute Gasteiger partial charge is 0.496 e. The first-order valence-electron chi connectivity index (χ1n) is 10.6. The van der Waals surface area contributed by atoms with E-state index in [1.165, 1.54) is 30.2 Å². The molecule has 2 atom stereocenters. The Morgan fingerprint density at radius 2 is 1.89 bits per heavy atom. The SMILES string of the molecule is COc1cc2oc3c(c2cc1/C(C)=C/C(=O)N1CC(C)CC(C)C1)CCCC3. The number of benzene rings is 1. The molecule has 2 heterocycles. The van der Waals surface area contributed by atoms with Gasteiger partial charge in [-0.3, -0.25) is 4.79 Å². The molecule has 0 saturated carbocycles.